The fourth-order valence-electron chi connectivity index (χ4n) is 2.83. The van der Waals surface area contributed by atoms with E-state index in [0.717, 1.165) is 32.2 Å². The summed E-state index contributed by atoms with van der Waals surface area (Å²) in [7, 11) is 0. The number of H-pyrrole nitrogens is 2. The monoisotopic (exact) mass is 395 g/mol. The number of hydrogen-bond acceptors (Lipinski definition) is 3. The van der Waals surface area contributed by atoms with Gasteiger partial charge in [-0.05, 0) is 39.7 Å². The molecule has 124 valence electrons. The predicted molar refractivity (Wildman–Crippen MR) is 100 cm³/mol. The topological polar surface area (TPSA) is 86.5 Å². The fourth-order valence-corrected chi connectivity index (χ4v) is 3.36. The van der Waals surface area contributed by atoms with Gasteiger partial charge in [0.1, 0.15) is 5.82 Å². The van der Waals surface area contributed by atoms with Crippen molar-refractivity contribution in [3.05, 3.63) is 65.0 Å². The number of carbonyl (C=O) groups excluding carboxylic acids is 1. The van der Waals surface area contributed by atoms with Gasteiger partial charge in [-0.1, -0.05) is 18.2 Å². The van der Waals surface area contributed by atoms with Crippen LogP contribution in [0.1, 0.15) is 5.56 Å². The Labute approximate surface area is 151 Å². The molecule has 4 rings (SSSR count). The first-order chi connectivity index (χ1) is 12.2. The molecule has 25 heavy (non-hydrogen) atoms. The van der Waals surface area contributed by atoms with Gasteiger partial charge in [0.2, 0.25) is 5.91 Å². The Morgan fingerprint density at radius 2 is 2.08 bits per heavy atom. The van der Waals surface area contributed by atoms with Crippen LogP contribution < -0.4 is 5.32 Å². The van der Waals surface area contributed by atoms with E-state index < -0.39 is 0 Å². The minimum Gasteiger partial charge on any atom is -0.346 e. The predicted octanol–water partition coefficient (Wildman–Crippen LogP) is 3.90. The van der Waals surface area contributed by atoms with Crippen LogP contribution in [0.15, 0.2) is 59.5 Å². The van der Waals surface area contributed by atoms with Crippen LogP contribution in [0, 0.1) is 0 Å². The molecule has 1 amide bonds. The molecule has 0 fully saturated rings. The van der Waals surface area contributed by atoms with Crippen molar-refractivity contribution in [2.24, 2.45) is 0 Å². The lowest BCUT2D eigenvalue weighted by atomic mass is 10.1. The summed E-state index contributed by atoms with van der Waals surface area (Å²) in [4.78, 5) is 20.0. The molecule has 3 aromatic heterocycles. The van der Waals surface area contributed by atoms with E-state index >= 15 is 0 Å². The normalized spacial score (nSPS) is 10.9. The number of anilines is 1. The Balaban J connectivity index is 1.59. The van der Waals surface area contributed by atoms with E-state index in [2.05, 4.69) is 41.4 Å². The third-order valence-corrected chi connectivity index (χ3v) is 4.58. The average Bonchev–Trinajstić information content (AvgIpc) is 3.25. The number of aromatic nitrogens is 4. The standard InChI is InChI=1S/C18H14BrN5O/c19-13-10-21-18(17(13)15-6-8-22-24-15)23-16(25)9-11-3-1-5-14-12(11)4-2-7-20-14/h1-8,10,21H,9H2,(H,22,24)(H,23,25). The number of hydrogen-bond donors (Lipinski definition) is 3. The van der Waals surface area contributed by atoms with E-state index in [1.165, 1.54) is 0 Å². The second-order valence-electron chi connectivity index (χ2n) is 5.57. The molecule has 0 aliphatic carbocycles. The summed E-state index contributed by atoms with van der Waals surface area (Å²) in [6.07, 6.45) is 5.47. The maximum Gasteiger partial charge on any atom is 0.229 e. The maximum absolute atomic E-state index is 12.6. The molecule has 7 heteroatoms. The lowest BCUT2D eigenvalue weighted by Crippen LogP contribution is -2.15. The van der Waals surface area contributed by atoms with Crippen LogP contribution >= 0.6 is 15.9 Å². The van der Waals surface area contributed by atoms with Crippen LogP contribution in [0.25, 0.3) is 22.2 Å². The third kappa shape index (κ3) is 3.06. The molecule has 3 heterocycles. The van der Waals surface area contributed by atoms with E-state index in [1.54, 1.807) is 18.6 Å². The molecule has 0 aliphatic rings. The number of carbonyl (C=O) groups is 1. The number of amides is 1. The van der Waals surface area contributed by atoms with E-state index in [-0.39, 0.29) is 12.3 Å². The van der Waals surface area contributed by atoms with Crippen molar-refractivity contribution in [2.75, 3.05) is 5.32 Å². The van der Waals surface area contributed by atoms with E-state index in [9.17, 15) is 4.79 Å². The van der Waals surface area contributed by atoms with Crippen molar-refractivity contribution >= 4 is 38.6 Å². The average molecular weight is 396 g/mol. The molecule has 0 radical (unpaired) electrons. The molecular weight excluding hydrogens is 382 g/mol. The van der Waals surface area contributed by atoms with Gasteiger partial charge < -0.3 is 10.3 Å². The largest absolute Gasteiger partial charge is 0.346 e. The lowest BCUT2D eigenvalue weighted by Gasteiger charge is -2.08. The number of nitrogens with one attached hydrogen (secondary N) is 3. The Hall–Kier alpha value is -2.93. The molecular formula is C18H14BrN5O. The number of halogens is 1. The molecule has 0 spiro atoms. The van der Waals surface area contributed by atoms with Crippen molar-refractivity contribution in [3.8, 4) is 11.3 Å². The molecule has 0 saturated carbocycles. The van der Waals surface area contributed by atoms with Gasteiger partial charge in [-0.25, -0.2) is 0 Å². The molecule has 0 bridgehead atoms. The quantitative estimate of drug-likeness (QED) is 0.489. The second-order valence-corrected chi connectivity index (χ2v) is 6.42. The Kier molecular flexibility index (Phi) is 4.07. The molecule has 0 saturated heterocycles. The molecule has 4 aromatic rings. The Bertz CT molecular complexity index is 1030. The number of pyridine rings is 1. The summed E-state index contributed by atoms with van der Waals surface area (Å²) in [6.45, 7) is 0. The van der Waals surface area contributed by atoms with Crippen LogP contribution in [0.5, 0.6) is 0 Å². The van der Waals surface area contributed by atoms with Gasteiger partial charge >= 0.3 is 0 Å². The summed E-state index contributed by atoms with van der Waals surface area (Å²) in [6, 6.07) is 11.5. The van der Waals surface area contributed by atoms with Gasteiger partial charge in [0, 0.05) is 28.4 Å². The lowest BCUT2D eigenvalue weighted by molar-refractivity contribution is -0.115. The zero-order valence-corrected chi connectivity index (χ0v) is 14.7. The molecule has 1 aromatic carbocycles. The maximum atomic E-state index is 12.6. The second kappa shape index (κ2) is 6.52. The summed E-state index contributed by atoms with van der Waals surface area (Å²) in [5, 5.41) is 10.8. The first kappa shape index (κ1) is 15.6. The highest BCUT2D eigenvalue weighted by atomic mass is 79.9. The summed E-state index contributed by atoms with van der Waals surface area (Å²) < 4.78 is 0.849. The van der Waals surface area contributed by atoms with Crippen molar-refractivity contribution in [1.82, 2.24) is 20.2 Å². The summed E-state index contributed by atoms with van der Waals surface area (Å²) in [5.74, 6) is 0.519. The zero-order chi connectivity index (χ0) is 17.2. The molecule has 0 unspecified atom stereocenters. The fraction of sp³-hybridized carbons (Fsp3) is 0.0556. The van der Waals surface area contributed by atoms with Crippen LogP contribution in [-0.4, -0.2) is 26.1 Å². The number of aromatic amines is 2. The SMILES string of the molecule is O=C(Cc1cccc2ncccc12)Nc1[nH]cc(Br)c1-c1ccn[nH]1. The van der Waals surface area contributed by atoms with E-state index in [1.807, 2.05) is 36.4 Å². The smallest absolute Gasteiger partial charge is 0.229 e. The minimum atomic E-state index is -0.105. The Morgan fingerprint density at radius 3 is 2.92 bits per heavy atom. The molecule has 3 N–H and O–H groups in total. The van der Waals surface area contributed by atoms with E-state index in [0.29, 0.717) is 5.82 Å². The van der Waals surface area contributed by atoms with Crippen molar-refractivity contribution in [3.63, 3.8) is 0 Å². The Morgan fingerprint density at radius 1 is 1.16 bits per heavy atom. The number of fused-ring (bicyclic) bond motifs is 1. The van der Waals surface area contributed by atoms with Crippen molar-refractivity contribution in [2.45, 2.75) is 6.42 Å². The highest BCUT2D eigenvalue weighted by Crippen LogP contribution is 2.33. The van der Waals surface area contributed by atoms with Gasteiger partial charge in [-0.15, -0.1) is 0 Å². The summed E-state index contributed by atoms with van der Waals surface area (Å²) >= 11 is 3.49. The van der Waals surface area contributed by atoms with Crippen LogP contribution in [-0.2, 0) is 11.2 Å². The minimum absolute atomic E-state index is 0.105. The molecule has 0 aliphatic heterocycles. The molecule has 0 atom stereocenters. The van der Waals surface area contributed by atoms with Gasteiger partial charge in [-0.3, -0.25) is 14.9 Å². The number of nitrogens with zero attached hydrogens (tertiary/aromatic N) is 2. The van der Waals surface area contributed by atoms with Crippen LogP contribution in [0.3, 0.4) is 0 Å². The van der Waals surface area contributed by atoms with E-state index in [4.69, 9.17) is 0 Å². The number of benzene rings is 1. The molecule has 6 nitrogen and oxygen atoms in total. The summed E-state index contributed by atoms with van der Waals surface area (Å²) in [5.41, 5.74) is 3.48. The highest BCUT2D eigenvalue weighted by Gasteiger charge is 2.16. The third-order valence-electron chi connectivity index (χ3n) is 3.95. The van der Waals surface area contributed by atoms with Crippen molar-refractivity contribution in [1.29, 1.82) is 0 Å². The first-order valence-electron chi connectivity index (χ1n) is 7.71. The van der Waals surface area contributed by atoms with Crippen LogP contribution in [0.2, 0.25) is 0 Å². The zero-order valence-electron chi connectivity index (χ0n) is 13.1. The number of rotatable bonds is 4. The van der Waals surface area contributed by atoms with Gasteiger partial charge in [-0.2, -0.15) is 5.10 Å². The van der Waals surface area contributed by atoms with Crippen LogP contribution in [0.4, 0.5) is 5.82 Å². The van der Waals surface area contributed by atoms with Gasteiger partial charge in [0.05, 0.1) is 23.2 Å². The van der Waals surface area contributed by atoms with Gasteiger partial charge in [0.25, 0.3) is 0 Å². The van der Waals surface area contributed by atoms with Crippen molar-refractivity contribution < 1.29 is 4.79 Å². The highest BCUT2D eigenvalue weighted by molar-refractivity contribution is 9.10. The van der Waals surface area contributed by atoms with Gasteiger partial charge in [0.15, 0.2) is 0 Å². The first-order valence-corrected chi connectivity index (χ1v) is 8.51.